The van der Waals surface area contributed by atoms with E-state index in [2.05, 4.69) is 27.3 Å². The van der Waals surface area contributed by atoms with Crippen molar-refractivity contribution in [2.75, 3.05) is 32.6 Å². The van der Waals surface area contributed by atoms with Crippen molar-refractivity contribution in [2.24, 2.45) is 0 Å². The third-order valence-electron chi connectivity index (χ3n) is 4.65. The maximum absolute atomic E-state index is 12.9. The molecule has 1 fully saturated rings. The number of piperidine rings is 1. The van der Waals surface area contributed by atoms with Crippen LogP contribution < -0.4 is 14.8 Å². The number of amides is 1. The molecule has 0 atom stereocenters. The summed E-state index contributed by atoms with van der Waals surface area (Å²) in [5.74, 6) is 1.05. The Morgan fingerprint density at radius 1 is 1.08 bits per heavy atom. The van der Waals surface area contributed by atoms with Crippen molar-refractivity contribution in [2.45, 2.75) is 18.9 Å². The monoisotopic (exact) mass is 418 g/mol. The van der Waals surface area contributed by atoms with Gasteiger partial charge in [0.05, 0.1) is 19.8 Å². The maximum Gasteiger partial charge on any atom is 0.257 e. The fourth-order valence-corrected chi connectivity index (χ4v) is 3.65. The minimum atomic E-state index is -0.0138. The fraction of sp³-hybridized carbons (Fsp3) is 0.350. The predicted molar refractivity (Wildman–Crippen MR) is 106 cm³/mol. The number of likely N-dealkylation sites (tertiary alicyclic amines) is 1. The van der Waals surface area contributed by atoms with Gasteiger partial charge in [0, 0.05) is 29.3 Å². The van der Waals surface area contributed by atoms with E-state index in [9.17, 15) is 4.79 Å². The lowest BCUT2D eigenvalue weighted by atomic mass is 10.0. The Labute approximate surface area is 162 Å². The van der Waals surface area contributed by atoms with Gasteiger partial charge < -0.3 is 19.7 Å². The van der Waals surface area contributed by atoms with Gasteiger partial charge in [-0.05, 0) is 53.0 Å². The number of ether oxygens (including phenoxy) is 2. The highest BCUT2D eigenvalue weighted by molar-refractivity contribution is 9.10. The zero-order valence-electron chi connectivity index (χ0n) is 15.0. The van der Waals surface area contributed by atoms with E-state index in [1.165, 1.54) is 0 Å². The van der Waals surface area contributed by atoms with Crippen LogP contribution in [0.15, 0.2) is 46.9 Å². The van der Waals surface area contributed by atoms with Gasteiger partial charge in [-0.15, -0.1) is 0 Å². The molecule has 0 bridgehead atoms. The number of methoxy groups -OCH3 is 2. The molecular formula is C20H23BrN2O3. The van der Waals surface area contributed by atoms with Crippen LogP contribution in [0.4, 0.5) is 5.69 Å². The summed E-state index contributed by atoms with van der Waals surface area (Å²) in [6.45, 7) is 1.42. The SMILES string of the molecule is COc1cccc(C(=O)N2CCC(Nc3ccccc3Br)CC2)c1OC. The van der Waals surface area contributed by atoms with E-state index in [1.54, 1.807) is 26.4 Å². The van der Waals surface area contributed by atoms with Crippen LogP contribution in [0.5, 0.6) is 11.5 Å². The third-order valence-corrected chi connectivity index (χ3v) is 5.34. The minimum Gasteiger partial charge on any atom is -0.493 e. The van der Waals surface area contributed by atoms with Crippen LogP contribution in [0.2, 0.25) is 0 Å². The van der Waals surface area contributed by atoms with Gasteiger partial charge >= 0.3 is 0 Å². The Balaban J connectivity index is 1.65. The minimum absolute atomic E-state index is 0.0138. The molecule has 0 aromatic heterocycles. The highest BCUT2D eigenvalue weighted by Crippen LogP contribution is 2.32. The summed E-state index contributed by atoms with van der Waals surface area (Å²) in [7, 11) is 3.13. The van der Waals surface area contributed by atoms with Gasteiger partial charge in [-0.3, -0.25) is 4.79 Å². The van der Waals surface area contributed by atoms with E-state index < -0.39 is 0 Å². The van der Waals surface area contributed by atoms with E-state index in [0.29, 0.717) is 36.2 Å². The molecule has 0 spiro atoms. The number of nitrogens with zero attached hydrogens (tertiary/aromatic N) is 1. The maximum atomic E-state index is 12.9. The number of benzene rings is 2. The Bertz CT molecular complexity index is 773. The molecule has 0 unspecified atom stereocenters. The molecule has 3 rings (SSSR count). The second kappa shape index (κ2) is 8.45. The zero-order chi connectivity index (χ0) is 18.5. The van der Waals surface area contributed by atoms with E-state index in [1.807, 2.05) is 29.2 Å². The quantitative estimate of drug-likeness (QED) is 0.790. The average molecular weight is 419 g/mol. The Kier molecular flexibility index (Phi) is 6.04. The number of para-hydroxylation sites is 2. The number of anilines is 1. The number of carbonyl (C=O) groups is 1. The third kappa shape index (κ3) is 3.96. The molecule has 1 aliphatic rings. The zero-order valence-corrected chi connectivity index (χ0v) is 16.6. The smallest absolute Gasteiger partial charge is 0.257 e. The molecular weight excluding hydrogens is 396 g/mol. The molecule has 6 heteroatoms. The van der Waals surface area contributed by atoms with E-state index in [-0.39, 0.29) is 5.91 Å². The van der Waals surface area contributed by atoms with Crippen LogP contribution in [-0.4, -0.2) is 44.2 Å². The number of hydrogen-bond acceptors (Lipinski definition) is 4. The lowest BCUT2D eigenvalue weighted by molar-refractivity contribution is 0.0714. The van der Waals surface area contributed by atoms with E-state index in [4.69, 9.17) is 9.47 Å². The molecule has 138 valence electrons. The van der Waals surface area contributed by atoms with Gasteiger partial charge in [0.1, 0.15) is 0 Å². The average Bonchev–Trinajstić information content (AvgIpc) is 2.69. The fourth-order valence-electron chi connectivity index (χ4n) is 3.25. The molecule has 1 amide bonds. The molecule has 1 N–H and O–H groups in total. The van der Waals surface area contributed by atoms with Gasteiger partial charge in [0.25, 0.3) is 5.91 Å². The largest absolute Gasteiger partial charge is 0.493 e. The molecule has 1 saturated heterocycles. The van der Waals surface area contributed by atoms with Crippen molar-refractivity contribution in [3.63, 3.8) is 0 Å². The molecule has 1 aliphatic heterocycles. The number of rotatable bonds is 5. The number of carbonyl (C=O) groups excluding carboxylic acids is 1. The van der Waals surface area contributed by atoms with Gasteiger partial charge in [-0.2, -0.15) is 0 Å². The molecule has 2 aromatic rings. The Morgan fingerprint density at radius 2 is 1.81 bits per heavy atom. The first-order valence-electron chi connectivity index (χ1n) is 8.65. The van der Waals surface area contributed by atoms with Crippen molar-refractivity contribution in [1.82, 2.24) is 4.90 Å². The van der Waals surface area contributed by atoms with Crippen molar-refractivity contribution in [3.05, 3.63) is 52.5 Å². The van der Waals surface area contributed by atoms with Crippen molar-refractivity contribution < 1.29 is 14.3 Å². The Morgan fingerprint density at radius 3 is 2.46 bits per heavy atom. The molecule has 0 radical (unpaired) electrons. The summed E-state index contributed by atoms with van der Waals surface area (Å²) >= 11 is 3.57. The van der Waals surface area contributed by atoms with Crippen molar-refractivity contribution in [3.8, 4) is 11.5 Å². The first-order valence-corrected chi connectivity index (χ1v) is 9.44. The van der Waals surface area contributed by atoms with Crippen LogP contribution in [0.1, 0.15) is 23.2 Å². The van der Waals surface area contributed by atoms with Crippen LogP contribution in [0.3, 0.4) is 0 Å². The molecule has 26 heavy (non-hydrogen) atoms. The lowest BCUT2D eigenvalue weighted by Crippen LogP contribution is -2.42. The van der Waals surface area contributed by atoms with Crippen molar-refractivity contribution in [1.29, 1.82) is 0 Å². The molecule has 1 heterocycles. The summed E-state index contributed by atoms with van der Waals surface area (Å²) in [6, 6.07) is 13.8. The standard InChI is InChI=1S/C20H23BrN2O3/c1-25-18-9-5-6-15(19(18)26-2)20(24)23-12-10-14(11-13-23)22-17-8-4-3-7-16(17)21/h3-9,14,22H,10-13H2,1-2H3. The summed E-state index contributed by atoms with van der Waals surface area (Å²) < 4.78 is 11.8. The van der Waals surface area contributed by atoms with Gasteiger partial charge in [-0.1, -0.05) is 18.2 Å². The van der Waals surface area contributed by atoms with Crippen LogP contribution in [0, 0.1) is 0 Å². The number of halogens is 1. The van der Waals surface area contributed by atoms with Gasteiger partial charge in [0.2, 0.25) is 0 Å². The molecule has 0 saturated carbocycles. The summed E-state index contributed by atoms with van der Waals surface area (Å²) in [4.78, 5) is 14.8. The first kappa shape index (κ1) is 18.6. The summed E-state index contributed by atoms with van der Waals surface area (Å²) in [5.41, 5.74) is 1.64. The van der Waals surface area contributed by atoms with Gasteiger partial charge in [0.15, 0.2) is 11.5 Å². The highest BCUT2D eigenvalue weighted by Gasteiger charge is 2.26. The lowest BCUT2D eigenvalue weighted by Gasteiger charge is -2.33. The number of hydrogen-bond donors (Lipinski definition) is 1. The molecule has 5 nitrogen and oxygen atoms in total. The first-order chi connectivity index (χ1) is 12.6. The van der Waals surface area contributed by atoms with E-state index in [0.717, 1.165) is 23.0 Å². The van der Waals surface area contributed by atoms with Gasteiger partial charge in [-0.25, -0.2) is 0 Å². The number of nitrogens with one attached hydrogen (secondary N) is 1. The highest BCUT2D eigenvalue weighted by atomic mass is 79.9. The predicted octanol–water partition coefficient (Wildman–Crippen LogP) is 4.18. The normalized spacial score (nSPS) is 14.8. The second-order valence-electron chi connectivity index (χ2n) is 6.23. The summed E-state index contributed by atoms with van der Waals surface area (Å²) in [5, 5.41) is 3.56. The van der Waals surface area contributed by atoms with Crippen LogP contribution >= 0.6 is 15.9 Å². The van der Waals surface area contributed by atoms with Crippen molar-refractivity contribution >= 4 is 27.5 Å². The van der Waals surface area contributed by atoms with E-state index >= 15 is 0 Å². The Hall–Kier alpha value is -2.21. The summed E-state index contributed by atoms with van der Waals surface area (Å²) in [6.07, 6.45) is 1.80. The van der Waals surface area contributed by atoms with Crippen LogP contribution in [0.25, 0.3) is 0 Å². The topological polar surface area (TPSA) is 50.8 Å². The molecule has 2 aromatic carbocycles. The second-order valence-corrected chi connectivity index (χ2v) is 7.09. The molecule has 0 aliphatic carbocycles. The van der Waals surface area contributed by atoms with Crippen LogP contribution in [-0.2, 0) is 0 Å².